The molecule has 1 aliphatic heterocycles. The maximum Gasteiger partial charge on any atom is 0.158 e. The van der Waals surface area contributed by atoms with Crippen molar-refractivity contribution in [1.29, 1.82) is 0 Å². The number of hydrogen-bond acceptors (Lipinski definition) is 6. The molecular weight excluding hydrogens is 504 g/mol. The number of rotatable bonds is 6. The minimum Gasteiger partial charge on any atom is -0.346 e. The van der Waals surface area contributed by atoms with Gasteiger partial charge in [0.1, 0.15) is 11.2 Å². The monoisotopic (exact) mass is 544 g/mol. The van der Waals surface area contributed by atoms with Crippen molar-refractivity contribution in [2.75, 3.05) is 6.54 Å². The first kappa shape index (κ1) is 26.2. The lowest BCUT2D eigenvalue weighted by Crippen LogP contribution is -2.44. The second-order valence-electron chi connectivity index (χ2n) is 11.9. The van der Waals surface area contributed by atoms with E-state index < -0.39 is 0 Å². The van der Waals surface area contributed by atoms with Gasteiger partial charge in [-0.05, 0) is 74.1 Å². The van der Waals surface area contributed by atoms with E-state index in [2.05, 4.69) is 84.9 Å². The molecule has 1 aliphatic rings. The molecule has 5 aromatic rings. The average Bonchev–Trinajstić information content (AvgIpc) is 3.67. The Balaban J connectivity index is 1.39. The number of aromatic amines is 1. The second kappa shape index (κ2) is 9.86. The number of aryl methyl sites for hydroxylation is 3. The number of thiophene rings is 1. The summed E-state index contributed by atoms with van der Waals surface area (Å²) in [5.74, 6) is 1.60. The quantitative estimate of drug-likeness (QED) is 0.263. The van der Waals surface area contributed by atoms with Crippen molar-refractivity contribution in [2.45, 2.75) is 85.7 Å². The van der Waals surface area contributed by atoms with Crippen LogP contribution in [0, 0.1) is 26.7 Å². The number of fused-ring (bicyclic) bond motifs is 2. The number of aromatic nitrogens is 7. The van der Waals surface area contributed by atoms with Crippen molar-refractivity contribution in [2.24, 2.45) is 13.0 Å². The fourth-order valence-electron chi connectivity index (χ4n) is 6.80. The highest BCUT2D eigenvalue weighted by molar-refractivity contribution is 7.19. The smallest absolute Gasteiger partial charge is 0.158 e. The van der Waals surface area contributed by atoms with Gasteiger partial charge in [0.2, 0.25) is 0 Å². The van der Waals surface area contributed by atoms with Crippen LogP contribution in [0.4, 0.5) is 0 Å². The van der Waals surface area contributed by atoms with Crippen molar-refractivity contribution >= 4 is 27.2 Å². The van der Waals surface area contributed by atoms with Crippen LogP contribution in [0.5, 0.6) is 0 Å². The Morgan fingerprint density at radius 3 is 2.62 bits per heavy atom. The summed E-state index contributed by atoms with van der Waals surface area (Å²) in [7, 11) is 1.94. The van der Waals surface area contributed by atoms with Crippen molar-refractivity contribution in [1.82, 2.24) is 39.5 Å². The van der Waals surface area contributed by atoms with Gasteiger partial charge in [0.25, 0.3) is 0 Å². The standard InChI is InChI=1S/C30H40N8S/c1-9-21-11-37(13-22-12-36(8)35-34-22)17(4)10-23(21)28-20(7)26-25(16(2)3)27(33-30(26)39-28)24-14-38-29(31-15-32-38)19(6)18(24)5/h12,14-17,21,23,33H,9-11,13H2,1-8H3/t17-,21-,23+/m0/s1. The number of piperidine rings is 1. The van der Waals surface area contributed by atoms with Gasteiger partial charge < -0.3 is 4.98 Å². The van der Waals surface area contributed by atoms with Gasteiger partial charge in [0, 0.05) is 54.4 Å². The van der Waals surface area contributed by atoms with Crippen LogP contribution in [0.1, 0.15) is 85.2 Å². The zero-order valence-electron chi connectivity index (χ0n) is 24.4. The zero-order valence-corrected chi connectivity index (χ0v) is 25.2. The second-order valence-corrected chi connectivity index (χ2v) is 12.9. The molecule has 1 fully saturated rings. The van der Waals surface area contributed by atoms with Crippen molar-refractivity contribution in [3.8, 4) is 11.3 Å². The van der Waals surface area contributed by atoms with Crippen LogP contribution in [0.15, 0.2) is 18.7 Å². The lowest BCUT2D eigenvalue weighted by molar-refractivity contribution is 0.0901. The molecule has 39 heavy (non-hydrogen) atoms. The maximum absolute atomic E-state index is 4.47. The minimum atomic E-state index is 0.399. The van der Waals surface area contributed by atoms with E-state index >= 15 is 0 Å². The topological polar surface area (TPSA) is 79.9 Å². The van der Waals surface area contributed by atoms with Gasteiger partial charge >= 0.3 is 0 Å². The predicted molar refractivity (Wildman–Crippen MR) is 158 cm³/mol. The van der Waals surface area contributed by atoms with Crippen molar-refractivity contribution in [3.05, 3.63) is 51.5 Å². The minimum absolute atomic E-state index is 0.399. The molecule has 1 saturated heterocycles. The number of likely N-dealkylation sites (tertiary alicyclic amines) is 1. The highest BCUT2D eigenvalue weighted by Crippen LogP contribution is 2.48. The van der Waals surface area contributed by atoms with E-state index in [0.717, 1.165) is 24.4 Å². The van der Waals surface area contributed by atoms with E-state index in [1.807, 2.05) is 29.1 Å². The van der Waals surface area contributed by atoms with Gasteiger partial charge in [0.05, 0.1) is 11.4 Å². The third-order valence-corrected chi connectivity index (χ3v) is 10.4. The molecule has 0 aromatic carbocycles. The van der Waals surface area contributed by atoms with Gasteiger partial charge in [-0.15, -0.1) is 16.4 Å². The Morgan fingerprint density at radius 2 is 1.92 bits per heavy atom. The number of H-pyrrole nitrogens is 1. The molecule has 1 N–H and O–H groups in total. The molecule has 3 atom stereocenters. The molecule has 0 unspecified atom stereocenters. The molecule has 8 nitrogen and oxygen atoms in total. The van der Waals surface area contributed by atoms with E-state index in [4.69, 9.17) is 0 Å². The zero-order chi connectivity index (χ0) is 27.6. The molecule has 0 aliphatic carbocycles. The molecule has 5 aromatic heterocycles. The molecule has 0 radical (unpaired) electrons. The molecule has 0 amide bonds. The summed E-state index contributed by atoms with van der Waals surface area (Å²) < 4.78 is 3.71. The van der Waals surface area contributed by atoms with Crippen molar-refractivity contribution < 1.29 is 0 Å². The predicted octanol–water partition coefficient (Wildman–Crippen LogP) is 6.52. The molecule has 0 spiro atoms. The first-order valence-corrected chi connectivity index (χ1v) is 15.0. The molecule has 0 saturated carbocycles. The summed E-state index contributed by atoms with van der Waals surface area (Å²) in [5.41, 5.74) is 9.78. The number of pyridine rings is 1. The fraction of sp³-hybridized carbons (Fsp3) is 0.533. The van der Waals surface area contributed by atoms with Crippen molar-refractivity contribution in [3.63, 3.8) is 0 Å². The summed E-state index contributed by atoms with van der Waals surface area (Å²) in [4.78, 5) is 13.9. The summed E-state index contributed by atoms with van der Waals surface area (Å²) in [6.07, 6.45) is 8.18. The first-order valence-electron chi connectivity index (χ1n) is 14.2. The summed E-state index contributed by atoms with van der Waals surface area (Å²) in [5, 5.41) is 14.4. The third-order valence-electron chi connectivity index (χ3n) is 9.07. The molecule has 6 rings (SSSR count). The SMILES string of the molecule is CC[C@H]1CN(Cc2cn(C)nn2)[C@@H](C)C[C@H]1c1sc2[nH]c(-c3cn4ncnc4c(C)c3C)c(C(C)C)c2c1C. The lowest BCUT2D eigenvalue weighted by Gasteiger charge is -2.42. The fourth-order valence-corrected chi connectivity index (χ4v) is 8.23. The van der Waals surface area contributed by atoms with Gasteiger partial charge in [-0.3, -0.25) is 9.58 Å². The van der Waals surface area contributed by atoms with Crippen LogP contribution >= 0.6 is 11.3 Å². The first-order chi connectivity index (χ1) is 18.7. The molecule has 0 bridgehead atoms. The Morgan fingerprint density at radius 1 is 1.13 bits per heavy atom. The Bertz CT molecular complexity index is 1650. The molecule has 206 valence electrons. The average molecular weight is 545 g/mol. The molecular formula is C30H40N8S. The molecule has 6 heterocycles. The summed E-state index contributed by atoms with van der Waals surface area (Å²) in [6.45, 7) is 18.1. The summed E-state index contributed by atoms with van der Waals surface area (Å²) in [6, 6.07) is 0.500. The number of hydrogen-bond donors (Lipinski definition) is 1. The van der Waals surface area contributed by atoms with E-state index in [0.29, 0.717) is 23.8 Å². The lowest BCUT2D eigenvalue weighted by atomic mass is 9.78. The number of nitrogens with one attached hydrogen (secondary N) is 1. The highest BCUT2D eigenvalue weighted by Gasteiger charge is 2.36. The normalized spacial score (nSPS) is 20.7. The third kappa shape index (κ3) is 4.30. The highest BCUT2D eigenvalue weighted by atomic mass is 32.1. The van der Waals surface area contributed by atoms with Crippen LogP contribution in [-0.2, 0) is 13.6 Å². The molecule has 9 heteroatoms. The Hall–Kier alpha value is -3.04. The Labute approximate surface area is 234 Å². The van der Waals surface area contributed by atoms with E-state index in [1.165, 1.54) is 56.6 Å². The van der Waals surface area contributed by atoms with Gasteiger partial charge in [-0.1, -0.05) is 32.4 Å². The van der Waals surface area contributed by atoms with Gasteiger partial charge in [-0.25, -0.2) is 9.50 Å². The Kier molecular flexibility index (Phi) is 6.62. The van der Waals surface area contributed by atoms with E-state index in [1.54, 1.807) is 15.9 Å². The van der Waals surface area contributed by atoms with Crippen LogP contribution in [0.2, 0.25) is 0 Å². The van der Waals surface area contributed by atoms with Crippen LogP contribution < -0.4 is 0 Å². The van der Waals surface area contributed by atoms with Gasteiger partial charge in [0.15, 0.2) is 5.65 Å². The van der Waals surface area contributed by atoms with Gasteiger partial charge in [-0.2, -0.15) is 5.10 Å². The largest absolute Gasteiger partial charge is 0.346 e. The van der Waals surface area contributed by atoms with E-state index in [-0.39, 0.29) is 0 Å². The number of nitrogens with zero attached hydrogens (tertiary/aromatic N) is 7. The summed E-state index contributed by atoms with van der Waals surface area (Å²) >= 11 is 1.99. The maximum atomic E-state index is 4.47. The van der Waals surface area contributed by atoms with Crippen LogP contribution in [0.25, 0.3) is 27.1 Å². The van der Waals surface area contributed by atoms with Crippen LogP contribution in [0.3, 0.4) is 0 Å². The van der Waals surface area contributed by atoms with Crippen LogP contribution in [-0.4, -0.2) is 52.1 Å². The van der Waals surface area contributed by atoms with E-state index in [9.17, 15) is 0 Å².